The zero-order valence-electron chi connectivity index (χ0n) is 10.9. The van der Waals surface area contributed by atoms with Crippen molar-refractivity contribution in [3.63, 3.8) is 0 Å². The molecule has 3 rings (SSSR count). The Morgan fingerprint density at radius 2 is 2.16 bits per heavy atom. The van der Waals surface area contributed by atoms with E-state index in [1.54, 1.807) is 10.9 Å². The zero-order valence-corrected chi connectivity index (χ0v) is 11.7. The van der Waals surface area contributed by atoms with Gasteiger partial charge in [-0.25, -0.2) is 0 Å². The lowest BCUT2D eigenvalue weighted by Crippen LogP contribution is -2.10. The summed E-state index contributed by atoms with van der Waals surface area (Å²) in [6, 6.07) is 6.23. The summed E-state index contributed by atoms with van der Waals surface area (Å²) >= 11 is 6.14. The predicted octanol–water partition coefficient (Wildman–Crippen LogP) is 3.13. The molecule has 100 valence electrons. The SMILES string of the molecule is CCn1ncc(Cl)c1C(O)c1ccc2c(c1)CCC2. The highest BCUT2D eigenvalue weighted by Gasteiger charge is 2.21. The van der Waals surface area contributed by atoms with E-state index in [2.05, 4.69) is 17.2 Å². The summed E-state index contributed by atoms with van der Waals surface area (Å²) in [5.74, 6) is 0. The van der Waals surface area contributed by atoms with Gasteiger partial charge in [0.1, 0.15) is 6.10 Å². The second-order valence-corrected chi connectivity index (χ2v) is 5.38. The summed E-state index contributed by atoms with van der Waals surface area (Å²) in [6.07, 6.45) is 4.36. The number of hydrogen-bond acceptors (Lipinski definition) is 2. The van der Waals surface area contributed by atoms with Crippen LogP contribution in [0.3, 0.4) is 0 Å². The van der Waals surface area contributed by atoms with Crippen molar-refractivity contribution in [1.82, 2.24) is 9.78 Å². The number of hydrogen-bond donors (Lipinski definition) is 1. The third-order valence-electron chi connectivity index (χ3n) is 3.83. The minimum atomic E-state index is -0.708. The number of aromatic nitrogens is 2. The van der Waals surface area contributed by atoms with Crippen molar-refractivity contribution < 1.29 is 5.11 Å². The molecule has 1 aliphatic rings. The Labute approximate surface area is 117 Å². The molecule has 1 atom stereocenters. The average molecular weight is 277 g/mol. The average Bonchev–Trinajstić information content (AvgIpc) is 3.02. The monoisotopic (exact) mass is 276 g/mol. The quantitative estimate of drug-likeness (QED) is 0.935. The Morgan fingerprint density at radius 1 is 1.37 bits per heavy atom. The predicted molar refractivity (Wildman–Crippen MR) is 75.4 cm³/mol. The van der Waals surface area contributed by atoms with Crippen LogP contribution in [0.1, 0.15) is 41.8 Å². The first-order valence-electron chi connectivity index (χ1n) is 6.71. The molecule has 0 spiro atoms. The largest absolute Gasteiger partial charge is 0.382 e. The second-order valence-electron chi connectivity index (χ2n) is 4.98. The maximum atomic E-state index is 10.6. The Morgan fingerprint density at radius 3 is 2.95 bits per heavy atom. The van der Waals surface area contributed by atoms with Gasteiger partial charge in [0.15, 0.2) is 0 Å². The number of halogens is 1. The van der Waals surface area contributed by atoms with Crippen molar-refractivity contribution >= 4 is 11.6 Å². The highest BCUT2D eigenvalue weighted by Crippen LogP contribution is 2.31. The molecule has 0 fully saturated rings. The molecule has 1 N–H and O–H groups in total. The van der Waals surface area contributed by atoms with Crippen molar-refractivity contribution in [3.05, 3.63) is 51.8 Å². The van der Waals surface area contributed by atoms with E-state index in [0.717, 1.165) is 18.4 Å². The Hall–Kier alpha value is -1.32. The fraction of sp³-hybridized carbons (Fsp3) is 0.400. The van der Waals surface area contributed by atoms with E-state index in [0.29, 0.717) is 17.3 Å². The molecule has 19 heavy (non-hydrogen) atoms. The highest BCUT2D eigenvalue weighted by molar-refractivity contribution is 6.31. The molecule has 1 aromatic carbocycles. The van der Waals surface area contributed by atoms with Crippen LogP contribution < -0.4 is 0 Å². The van der Waals surface area contributed by atoms with E-state index in [-0.39, 0.29) is 0 Å². The van der Waals surface area contributed by atoms with Crippen molar-refractivity contribution in [3.8, 4) is 0 Å². The van der Waals surface area contributed by atoms with Crippen molar-refractivity contribution in [2.45, 2.75) is 38.8 Å². The molecule has 0 aliphatic heterocycles. The zero-order chi connectivity index (χ0) is 13.4. The number of rotatable bonds is 3. The van der Waals surface area contributed by atoms with Gasteiger partial charge in [-0.2, -0.15) is 5.10 Å². The Balaban J connectivity index is 1.99. The van der Waals surface area contributed by atoms with Crippen LogP contribution in [0.15, 0.2) is 24.4 Å². The van der Waals surface area contributed by atoms with Gasteiger partial charge in [0.25, 0.3) is 0 Å². The van der Waals surface area contributed by atoms with Crippen LogP contribution in [0.25, 0.3) is 0 Å². The molecule has 0 radical (unpaired) electrons. The van der Waals surface area contributed by atoms with E-state index >= 15 is 0 Å². The molecule has 3 nitrogen and oxygen atoms in total. The summed E-state index contributed by atoms with van der Waals surface area (Å²) < 4.78 is 1.75. The number of fused-ring (bicyclic) bond motifs is 1. The van der Waals surface area contributed by atoms with Gasteiger partial charge in [0, 0.05) is 6.54 Å². The normalized spacial score (nSPS) is 15.5. The molecular weight excluding hydrogens is 260 g/mol. The van der Waals surface area contributed by atoms with Gasteiger partial charge in [-0.15, -0.1) is 0 Å². The first-order chi connectivity index (χ1) is 9.20. The fourth-order valence-electron chi connectivity index (χ4n) is 2.82. The number of benzene rings is 1. The van der Waals surface area contributed by atoms with Crippen LogP contribution in [0.4, 0.5) is 0 Å². The first kappa shape index (κ1) is 12.7. The van der Waals surface area contributed by atoms with Gasteiger partial charge in [-0.05, 0) is 42.9 Å². The van der Waals surface area contributed by atoms with Crippen LogP contribution >= 0.6 is 11.6 Å². The molecule has 1 aliphatic carbocycles. The molecule has 0 amide bonds. The Kier molecular flexibility index (Phi) is 3.33. The number of aryl methyl sites for hydroxylation is 3. The van der Waals surface area contributed by atoms with Crippen LogP contribution in [0, 0.1) is 0 Å². The molecule has 4 heteroatoms. The van der Waals surface area contributed by atoms with Crippen LogP contribution in [0.5, 0.6) is 0 Å². The molecule has 1 heterocycles. The molecule has 0 saturated carbocycles. The Bertz CT molecular complexity index is 606. The lowest BCUT2D eigenvalue weighted by atomic mass is 10.0. The topological polar surface area (TPSA) is 38.0 Å². The molecule has 0 bridgehead atoms. The third kappa shape index (κ3) is 2.17. The standard InChI is InChI=1S/C15H17ClN2O/c1-2-18-14(13(16)9-17-18)15(19)12-7-6-10-4-3-5-11(10)8-12/h6-9,15,19H,2-5H2,1H3. The minimum absolute atomic E-state index is 0.523. The highest BCUT2D eigenvalue weighted by atomic mass is 35.5. The van der Waals surface area contributed by atoms with Gasteiger partial charge in [-0.1, -0.05) is 29.8 Å². The minimum Gasteiger partial charge on any atom is -0.382 e. The van der Waals surface area contributed by atoms with Crippen LogP contribution in [-0.4, -0.2) is 14.9 Å². The van der Waals surface area contributed by atoms with Crippen LogP contribution in [0.2, 0.25) is 5.02 Å². The molecule has 1 aromatic heterocycles. The van der Waals surface area contributed by atoms with E-state index in [9.17, 15) is 5.11 Å². The number of nitrogens with zero attached hydrogens (tertiary/aromatic N) is 2. The molecule has 2 aromatic rings. The summed E-state index contributed by atoms with van der Waals surface area (Å²) in [4.78, 5) is 0. The van der Waals surface area contributed by atoms with Gasteiger partial charge < -0.3 is 5.11 Å². The number of aliphatic hydroxyl groups excluding tert-OH is 1. The van der Waals surface area contributed by atoms with Crippen molar-refractivity contribution in [1.29, 1.82) is 0 Å². The van der Waals surface area contributed by atoms with E-state index < -0.39 is 6.10 Å². The van der Waals surface area contributed by atoms with E-state index in [1.165, 1.54) is 17.5 Å². The maximum absolute atomic E-state index is 10.6. The number of aliphatic hydroxyl groups is 1. The van der Waals surface area contributed by atoms with Gasteiger partial charge in [0.05, 0.1) is 16.9 Å². The van der Waals surface area contributed by atoms with Crippen molar-refractivity contribution in [2.24, 2.45) is 0 Å². The summed E-state index contributed by atoms with van der Waals surface area (Å²) in [7, 11) is 0. The molecular formula is C15H17ClN2O. The van der Waals surface area contributed by atoms with E-state index in [4.69, 9.17) is 11.6 Å². The van der Waals surface area contributed by atoms with Crippen molar-refractivity contribution in [2.75, 3.05) is 0 Å². The molecule has 0 saturated heterocycles. The maximum Gasteiger partial charge on any atom is 0.122 e. The lowest BCUT2D eigenvalue weighted by molar-refractivity contribution is 0.208. The summed E-state index contributed by atoms with van der Waals surface area (Å²) in [6.45, 7) is 2.69. The fourth-order valence-corrected chi connectivity index (χ4v) is 3.06. The van der Waals surface area contributed by atoms with Crippen LogP contribution in [-0.2, 0) is 19.4 Å². The first-order valence-corrected chi connectivity index (χ1v) is 7.09. The van der Waals surface area contributed by atoms with Gasteiger partial charge >= 0.3 is 0 Å². The summed E-state index contributed by atoms with van der Waals surface area (Å²) in [5, 5.41) is 15.3. The smallest absolute Gasteiger partial charge is 0.122 e. The lowest BCUT2D eigenvalue weighted by Gasteiger charge is -2.14. The second kappa shape index (κ2) is 4.99. The van der Waals surface area contributed by atoms with E-state index in [1.807, 2.05) is 13.0 Å². The summed E-state index contributed by atoms with van der Waals surface area (Å²) in [5.41, 5.74) is 4.35. The molecule has 1 unspecified atom stereocenters. The van der Waals surface area contributed by atoms with Gasteiger partial charge in [0.2, 0.25) is 0 Å². The van der Waals surface area contributed by atoms with Gasteiger partial charge in [-0.3, -0.25) is 4.68 Å². The third-order valence-corrected chi connectivity index (χ3v) is 4.12.